The maximum absolute atomic E-state index is 13.3. The lowest BCUT2D eigenvalue weighted by atomic mass is 9.48. The van der Waals surface area contributed by atoms with E-state index >= 15 is 0 Å². The molecule has 1 heterocycles. The Morgan fingerprint density at radius 3 is 2.30 bits per heavy atom. The Balaban J connectivity index is 1.25. The third kappa shape index (κ3) is 3.68. The molecule has 0 unspecified atom stereocenters. The second-order valence-corrected chi connectivity index (χ2v) is 9.91. The van der Waals surface area contributed by atoms with E-state index in [9.17, 15) is 4.79 Å². The fourth-order valence-electron chi connectivity index (χ4n) is 7.06. The van der Waals surface area contributed by atoms with Gasteiger partial charge in [-0.1, -0.05) is 12.1 Å². The molecule has 27 heavy (non-hydrogen) atoms. The van der Waals surface area contributed by atoms with Gasteiger partial charge in [0.1, 0.15) is 12.4 Å². The molecular weight excluding hydrogens is 334 g/mol. The normalized spacial score (nSPS) is 34.9. The lowest BCUT2D eigenvalue weighted by Gasteiger charge is -2.56. The van der Waals surface area contributed by atoms with Crippen molar-refractivity contribution in [2.75, 3.05) is 26.2 Å². The topological polar surface area (TPSA) is 29.5 Å². The fraction of sp³-hybridized carbons (Fsp3) is 0.708. The number of carbonyl (C=O) groups excluding carboxylic acids is 1. The van der Waals surface area contributed by atoms with E-state index in [2.05, 4.69) is 4.90 Å². The van der Waals surface area contributed by atoms with Gasteiger partial charge in [0.15, 0.2) is 5.78 Å². The van der Waals surface area contributed by atoms with Gasteiger partial charge in [0.2, 0.25) is 0 Å². The summed E-state index contributed by atoms with van der Waals surface area (Å²) < 4.78 is 6.08. The van der Waals surface area contributed by atoms with Gasteiger partial charge in [-0.15, -0.1) is 0 Å². The van der Waals surface area contributed by atoms with Crippen molar-refractivity contribution in [3.63, 3.8) is 0 Å². The first kappa shape index (κ1) is 17.7. The van der Waals surface area contributed by atoms with Crippen LogP contribution in [0.2, 0.25) is 0 Å². The molecule has 5 fully saturated rings. The second kappa shape index (κ2) is 7.24. The van der Waals surface area contributed by atoms with Crippen molar-refractivity contribution >= 4 is 5.78 Å². The molecule has 0 aromatic heterocycles. The van der Waals surface area contributed by atoms with Crippen molar-refractivity contribution in [1.29, 1.82) is 0 Å². The minimum Gasteiger partial charge on any atom is -0.491 e. The molecule has 3 heteroatoms. The zero-order valence-electron chi connectivity index (χ0n) is 16.5. The van der Waals surface area contributed by atoms with Crippen molar-refractivity contribution in [3.05, 3.63) is 29.8 Å². The third-order valence-electron chi connectivity index (χ3n) is 7.75. The molecule has 0 spiro atoms. The molecule has 0 N–H and O–H groups in total. The summed E-state index contributed by atoms with van der Waals surface area (Å²) in [6, 6.07) is 7.94. The van der Waals surface area contributed by atoms with Crippen LogP contribution in [0.15, 0.2) is 24.3 Å². The maximum Gasteiger partial charge on any atom is 0.167 e. The number of ketones is 1. The fourth-order valence-corrected chi connectivity index (χ4v) is 7.06. The largest absolute Gasteiger partial charge is 0.491 e. The SMILES string of the molecule is O=C(CC12CC3CC(CC(C3)C1)C2)c1ccccc1OCCN1CCCC1. The van der Waals surface area contributed by atoms with Crippen molar-refractivity contribution in [3.8, 4) is 5.75 Å². The van der Waals surface area contributed by atoms with Crippen molar-refractivity contribution in [2.45, 2.75) is 57.8 Å². The summed E-state index contributed by atoms with van der Waals surface area (Å²) in [5.41, 5.74) is 1.11. The van der Waals surface area contributed by atoms with Crippen LogP contribution < -0.4 is 4.74 Å². The maximum atomic E-state index is 13.3. The van der Waals surface area contributed by atoms with E-state index in [1.165, 1.54) is 64.5 Å². The van der Waals surface area contributed by atoms with Crippen LogP contribution in [0.25, 0.3) is 0 Å². The van der Waals surface area contributed by atoms with E-state index in [0.717, 1.165) is 42.0 Å². The van der Waals surface area contributed by atoms with E-state index in [0.29, 0.717) is 17.8 Å². The smallest absolute Gasteiger partial charge is 0.167 e. The highest BCUT2D eigenvalue weighted by atomic mass is 16.5. The number of rotatable bonds is 7. The molecule has 3 nitrogen and oxygen atoms in total. The van der Waals surface area contributed by atoms with Gasteiger partial charge in [0.25, 0.3) is 0 Å². The monoisotopic (exact) mass is 367 g/mol. The first-order chi connectivity index (χ1) is 13.2. The van der Waals surface area contributed by atoms with Gasteiger partial charge in [-0.25, -0.2) is 0 Å². The average Bonchev–Trinajstić information content (AvgIpc) is 3.14. The lowest BCUT2D eigenvalue weighted by molar-refractivity contribution is -0.0524. The molecule has 1 aromatic carbocycles. The Labute approximate surface area is 163 Å². The average molecular weight is 368 g/mol. The van der Waals surface area contributed by atoms with E-state index in [1.54, 1.807) is 0 Å². The summed E-state index contributed by atoms with van der Waals surface area (Å²) >= 11 is 0. The van der Waals surface area contributed by atoms with Crippen molar-refractivity contribution in [2.24, 2.45) is 23.2 Å². The molecule has 5 aliphatic rings. The van der Waals surface area contributed by atoms with Crippen LogP contribution >= 0.6 is 0 Å². The molecule has 4 saturated carbocycles. The molecule has 6 rings (SSSR count). The van der Waals surface area contributed by atoms with Gasteiger partial charge < -0.3 is 4.74 Å². The van der Waals surface area contributed by atoms with E-state index in [-0.39, 0.29) is 0 Å². The first-order valence-electron chi connectivity index (χ1n) is 11.2. The van der Waals surface area contributed by atoms with Gasteiger partial charge in [-0.3, -0.25) is 9.69 Å². The predicted octanol–water partition coefficient (Wildman–Crippen LogP) is 4.95. The number of hydrogen-bond acceptors (Lipinski definition) is 3. The second-order valence-electron chi connectivity index (χ2n) is 9.91. The first-order valence-corrected chi connectivity index (χ1v) is 11.2. The number of Topliss-reactive ketones (excluding diaryl/α,β-unsaturated/α-hetero) is 1. The number of likely N-dealkylation sites (tertiary alicyclic amines) is 1. The number of ether oxygens (including phenoxy) is 1. The molecule has 0 atom stereocenters. The Hall–Kier alpha value is -1.35. The van der Waals surface area contributed by atoms with Crippen LogP contribution in [0.4, 0.5) is 0 Å². The van der Waals surface area contributed by atoms with Crippen LogP contribution in [0.1, 0.15) is 68.1 Å². The number of hydrogen-bond donors (Lipinski definition) is 0. The van der Waals surface area contributed by atoms with Crippen LogP contribution in [0.3, 0.4) is 0 Å². The Bertz CT molecular complexity index is 656. The van der Waals surface area contributed by atoms with Crippen molar-refractivity contribution < 1.29 is 9.53 Å². The molecule has 4 bridgehead atoms. The van der Waals surface area contributed by atoms with Crippen LogP contribution in [-0.4, -0.2) is 36.9 Å². The number of carbonyl (C=O) groups is 1. The minimum absolute atomic E-state index is 0.300. The third-order valence-corrected chi connectivity index (χ3v) is 7.75. The van der Waals surface area contributed by atoms with Crippen LogP contribution in [0.5, 0.6) is 5.75 Å². The van der Waals surface area contributed by atoms with Crippen LogP contribution in [0, 0.1) is 23.2 Å². The van der Waals surface area contributed by atoms with E-state index in [1.807, 2.05) is 24.3 Å². The standard InChI is InChI=1S/C24H33NO2/c26-22(17-24-14-18-11-19(15-24)13-20(12-18)16-24)21-5-1-2-6-23(21)27-10-9-25-7-3-4-8-25/h1-2,5-6,18-20H,3-4,7-17H2. The number of nitrogens with zero attached hydrogens (tertiary/aromatic N) is 1. The lowest BCUT2D eigenvalue weighted by Crippen LogP contribution is -2.46. The highest BCUT2D eigenvalue weighted by Gasteiger charge is 2.51. The van der Waals surface area contributed by atoms with Gasteiger partial charge in [0.05, 0.1) is 5.56 Å². The molecule has 0 amide bonds. The van der Waals surface area contributed by atoms with E-state index in [4.69, 9.17) is 4.74 Å². The summed E-state index contributed by atoms with van der Waals surface area (Å²) in [7, 11) is 0. The van der Waals surface area contributed by atoms with Gasteiger partial charge in [-0.2, -0.15) is 0 Å². The molecule has 1 aromatic rings. The molecule has 1 aliphatic heterocycles. The summed E-state index contributed by atoms with van der Waals surface area (Å²) in [6.45, 7) is 4.03. The Kier molecular flexibility index (Phi) is 4.75. The highest BCUT2D eigenvalue weighted by Crippen LogP contribution is 2.61. The zero-order valence-corrected chi connectivity index (χ0v) is 16.5. The summed E-state index contributed by atoms with van der Waals surface area (Å²) in [5, 5.41) is 0. The van der Waals surface area contributed by atoms with E-state index < -0.39 is 0 Å². The molecule has 4 aliphatic carbocycles. The number of benzene rings is 1. The molecule has 146 valence electrons. The molecule has 0 radical (unpaired) electrons. The summed E-state index contributed by atoms with van der Waals surface area (Å²) in [4.78, 5) is 15.7. The Morgan fingerprint density at radius 2 is 1.63 bits per heavy atom. The zero-order chi connectivity index (χ0) is 18.3. The van der Waals surface area contributed by atoms with Crippen molar-refractivity contribution in [1.82, 2.24) is 4.90 Å². The minimum atomic E-state index is 0.300. The highest BCUT2D eigenvalue weighted by molar-refractivity contribution is 5.99. The van der Waals surface area contributed by atoms with Gasteiger partial charge in [-0.05, 0) is 99.8 Å². The van der Waals surface area contributed by atoms with Crippen LogP contribution in [-0.2, 0) is 0 Å². The quantitative estimate of drug-likeness (QED) is 0.639. The predicted molar refractivity (Wildman–Crippen MR) is 107 cm³/mol. The van der Waals surface area contributed by atoms with Gasteiger partial charge in [0, 0.05) is 13.0 Å². The number of para-hydroxylation sites is 1. The molecular formula is C24H33NO2. The summed E-state index contributed by atoms with van der Waals surface area (Å²) in [6.07, 6.45) is 11.5. The van der Waals surface area contributed by atoms with Gasteiger partial charge >= 0.3 is 0 Å². The Morgan fingerprint density at radius 1 is 1.00 bits per heavy atom. The summed E-state index contributed by atoms with van der Waals surface area (Å²) in [5.74, 6) is 3.81. The molecule has 1 saturated heterocycles.